The lowest BCUT2D eigenvalue weighted by molar-refractivity contribution is -0.123. The summed E-state index contributed by atoms with van der Waals surface area (Å²) in [7, 11) is 0. The minimum Gasteiger partial charge on any atom is -0.483 e. The van der Waals surface area contributed by atoms with Crippen LogP contribution in [0.4, 0.5) is 4.39 Å². The molecule has 0 fully saturated rings. The van der Waals surface area contributed by atoms with Gasteiger partial charge in [-0.15, -0.1) is 0 Å². The second-order valence-electron chi connectivity index (χ2n) is 4.37. The van der Waals surface area contributed by atoms with Gasteiger partial charge in [-0.1, -0.05) is 15.9 Å². The molecule has 0 unspecified atom stereocenters. The molecule has 2 N–H and O–H groups in total. The van der Waals surface area contributed by atoms with Crippen LogP contribution in [0.3, 0.4) is 0 Å². The number of hydrogen-bond acceptors (Lipinski definition) is 3. The highest BCUT2D eigenvalue weighted by Gasteiger charge is 2.09. The normalized spacial score (nSPS) is 10.0. The molecule has 0 spiro atoms. The van der Waals surface area contributed by atoms with Gasteiger partial charge >= 0.3 is 0 Å². The number of ether oxygens (including phenoxy) is 1. The Labute approximate surface area is 148 Å². The van der Waals surface area contributed by atoms with E-state index < -0.39 is 17.6 Å². The van der Waals surface area contributed by atoms with Gasteiger partial charge in [0, 0.05) is 10.0 Å². The van der Waals surface area contributed by atoms with Crippen molar-refractivity contribution in [3.8, 4) is 5.75 Å². The first-order valence-corrected chi connectivity index (χ1v) is 7.97. The molecule has 0 atom stereocenters. The van der Waals surface area contributed by atoms with Gasteiger partial charge in [0.15, 0.2) is 6.61 Å². The van der Waals surface area contributed by atoms with Gasteiger partial charge in [-0.3, -0.25) is 20.4 Å². The number of nitrogens with one attached hydrogen (secondary N) is 2. The van der Waals surface area contributed by atoms with Crippen LogP contribution in [0.15, 0.2) is 51.4 Å². The zero-order valence-corrected chi connectivity index (χ0v) is 14.8. The predicted octanol–water partition coefficient (Wildman–Crippen LogP) is 3.19. The van der Waals surface area contributed by atoms with Crippen molar-refractivity contribution in [2.24, 2.45) is 0 Å². The second kappa shape index (κ2) is 8.07. The molecule has 2 aromatic carbocycles. The maximum Gasteiger partial charge on any atom is 0.276 e. The van der Waals surface area contributed by atoms with Crippen molar-refractivity contribution in [1.82, 2.24) is 10.9 Å². The third-order valence-electron chi connectivity index (χ3n) is 2.67. The first-order chi connectivity index (χ1) is 11.0. The van der Waals surface area contributed by atoms with E-state index in [1.807, 2.05) is 0 Å². The van der Waals surface area contributed by atoms with Crippen molar-refractivity contribution in [3.05, 3.63) is 62.8 Å². The number of halogens is 3. The van der Waals surface area contributed by atoms with E-state index in [1.54, 1.807) is 24.3 Å². The average Bonchev–Trinajstić information content (AvgIpc) is 2.52. The molecule has 0 saturated heterocycles. The summed E-state index contributed by atoms with van der Waals surface area (Å²) >= 11 is 6.39. The number of hydrogen-bond donors (Lipinski definition) is 2. The largest absolute Gasteiger partial charge is 0.483 e. The molecular formula is C15H11Br2FN2O3. The van der Waals surface area contributed by atoms with Gasteiger partial charge in [-0.05, 0) is 58.4 Å². The first-order valence-electron chi connectivity index (χ1n) is 6.38. The van der Waals surface area contributed by atoms with Crippen molar-refractivity contribution < 1.29 is 18.7 Å². The molecule has 0 heterocycles. The molecule has 2 amide bonds. The number of hydrazine groups is 1. The lowest BCUT2D eigenvalue weighted by Gasteiger charge is -2.10. The van der Waals surface area contributed by atoms with Crippen molar-refractivity contribution >= 4 is 43.7 Å². The average molecular weight is 446 g/mol. The van der Waals surface area contributed by atoms with E-state index in [-0.39, 0.29) is 6.61 Å². The van der Waals surface area contributed by atoms with Gasteiger partial charge in [0.1, 0.15) is 11.6 Å². The molecule has 0 saturated carbocycles. The Bertz CT molecular complexity index is 723. The predicted molar refractivity (Wildman–Crippen MR) is 89.3 cm³/mol. The van der Waals surface area contributed by atoms with Crippen molar-refractivity contribution in [2.45, 2.75) is 0 Å². The van der Waals surface area contributed by atoms with Crippen LogP contribution < -0.4 is 15.6 Å². The summed E-state index contributed by atoms with van der Waals surface area (Å²) in [6.45, 7) is -0.329. The van der Waals surface area contributed by atoms with E-state index in [9.17, 15) is 14.0 Å². The van der Waals surface area contributed by atoms with Crippen LogP contribution in [-0.2, 0) is 4.79 Å². The molecule has 0 bridgehead atoms. The van der Waals surface area contributed by atoms with E-state index in [1.165, 1.54) is 18.2 Å². The van der Waals surface area contributed by atoms with E-state index in [2.05, 4.69) is 42.7 Å². The van der Waals surface area contributed by atoms with Gasteiger partial charge in [-0.2, -0.15) is 0 Å². The van der Waals surface area contributed by atoms with Crippen LogP contribution in [-0.4, -0.2) is 18.4 Å². The smallest absolute Gasteiger partial charge is 0.276 e. The third kappa shape index (κ3) is 5.33. The minimum atomic E-state index is -0.549. The summed E-state index contributed by atoms with van der Waals surface area (Å²) in [5, 5.41) is 0. The monoisotopic (exact) mass is 444 g/mol. The fraction of sp³-hybridized carbons (Fsp3) is 0.0667. The topological polar surface area (TPSA) is 67.4 Å². The lowest BCUT2D eigenvalue weighted by atomic mass is 10.2. The Balaban J connectivity index is 1.81. The SMILES string of the molecule is O=C(COc1ccc(F)cc1Br)NNC(=O)c1ccc(Br)cc1. The van der Waals surface area contributed by atoms with Crippen LogP contribution in [0.5, 0.6) is 5.75 Å². The van der Waals surface area contributed by atoms with Gasteiger partial charge in [0.05, 0.1) is 4.47 Å². The van der Waals surface area contributed by atoms with Crippen LogP contribution in [0.2, 0.25) is 0 Å². The van der Waals surface area contributed by atoms with Gasteiger partial charge in [0.2, 0.25) is 0 Å². The first kappa shape index (κ1) is 17.4. The van der Waals surface area contributed by atoms with Crippen molar-refractivity contribution in [3.63, 3.8) is 0 Å². The molecule has 0 aliphatic rings. The number of benzene rings is 2. The molecular weight excluding hydrogens is 435 g/mol. The summed E-state index contributed by atoms with van der Waals surface area (Å²) in [6.07, 6.45) is 0. The number of carbonyl (C=O) groups excluding carboxylic acids is 2. The fourth-order valence-corrected chi connectivity index (χ4v) is 2.30. The molecule has 8 heteroatoms. The molecule has 0 aliphatic carbocycles. The second-order valence-corrected chi connectivity index (χ2v) is 6.14. The van der Waals surface area contributed by atoms with Gasteiger partial charge in [-0.25, -0.2) is 4.39 Å². The summed E-state index contributed by atoms with van der Waals surface area (Å²) in [6, 6.07) is 10.5. The zero-order valence-electron chi connectivity index (χ0n) is 11.6. The fourth-order valence-electron chi connectivity index (χ4n) is 1.57. The zero-order chi connectivity index (χ0) is 16.8. The summed E-state index contributed by atoms with van der Waals surface area (Å²) < 4.78 is 19.4. The molecule has 120 valence electrons. The maximum atomic E-state index is 12.9. The summed E-state index contributed by atoms with van der Waals surface area (Å²) in [5.41, 5.74) is 4.90. The number of rotatable bonds is 4. The summed E-state index contributed by atoms with van der Waals surface area (Å²) in [4.78, 5) is 23.4. The van der Waals surface area contributed by atoms with Crippen LogP contribution >= 0.6 is 31.9 Å². The van der Waals surface area contributed by atoms with E-state index in [0.29, 0.717) is 15.8 Å². The minimum absolute atomic E-state index is 0.320. The molecule has 2 rings (SSSR count). The van der Waals surface area contributed by atoms with Crippen molar-refractivity contribution in [1.29, 1.82) is 0 Å². The molecule has 23 heavy (non-hydrogen) atoms. The Kier molecular flexibility index (Phi) is 6.12. The highest BCUT2D eigenvalue weighted by Crippen LogP contribution is 2.25. The molecule has 0 aliphatic heterocycles. The highest BCUT2D eigenvalue weighted by molar-refractivity contribution is 9.10. The molecule has 5 nitrogen and oxygen atoms in total. The lowest BCUT2D eigenvalue weighted by Crippen LogP contribution is -2.43. The molecule has 0 aromatic heterocycles. The Hall–Kier alpha value is -1.93. The standard InChI is InChI=1S/C15H11Br2FN2O3/c16-10-3-1-9(2-4-10)15(22)20-19-14(21)8-23-13-6-5-11(18)7-12(13)17/h1-7H,8H2,(H,19,21)(H,20,22). The van der Waals surface area contributed by atoms with E-state index >= 15 is 0 Å². The van der Waals surface area contributed by atoms with Crippen LogP contribution in [0, 0.1) is 5.82 Å². The highest BCUT2D eigenvalue weighted by atomic mass is 79.9. The molecule has 0 radical (unpaired) electrons. The van der Waals surface area contributed by atoms with Crippen LogP contribution in [0.25, 0.3) is 0 Å². The summed E-state index contributed by atoms with van der Waals surface area (Å²) in [5.74, 6) is -1.10. The molecule has 2 aromatic rings. The van der Waals surface area contributed by atoms with Crippen LogP contribution in [0.1, 0.15) is 10.4 Å². The maximum absolute atomic E-state index is 12.9. The quantitative estimate of drug-likeness (QED) is 0.710. The van der Waals surface area contributed by atoms with Crippen molar-refractivity contribution in [2.75, 3.05) is 6.61 Å². The number of carbonyl (C=O) groups is 2. The van der Waals surface area contributed by atoms with E-state index in [0.717, 1.165) is 4.47 Å². The van der Waals surface area contributed by atoms with Gasteiger partial charge < -0.3 is 4.74 Å². The Morgan fingerprint density at radius 3 is 2.39 bits per heavy atom. The van der Waals surface area contributed by atoms with Gasteiger partial charge in [0.25, 0.3) is 11.8 Å². The third-order valence-corrected chi connectivity index (χ3v) is 3.82. The Morgan fingerprint density at radius 1 is 1.04 bits per heavy atom. The Morgan fingerprint density at radius 2 is 1.74 bits per heavy atom. The number of amides is 2. The van der Waals surface area contributed by atoms with E-state index in [4.69, 9.17) is 4.74 Å².